The Labute approximate surface area is 120 Å². The van der Waals surface area contributed by atoms with Crippen molar-refractivity contribution in [1.29, 1.82) is 0 Å². The SMILES string of the molecule is COC(=O)C1CN(CCCc2ccccc2C)CCO1. The number of carbonyl (C=O) groups is 1. The van der Waals surface area contributed by atoms with Crippen LogP contribution in [0, 0.1) is 6.92 Å². The second-order valence-electron chi connectivity index (χ2n) is 5.21. The zero-order chi connectivity index (χ0) is 14.4. The number of nitrogens with zero attached hydrogens (tertiary/aromatic N) is 1. The van der Waals surface area contributed by atoms with E-state index in [0.717, 1.165) is 25.9 Å². The van der Waals surface area contributed by atoms with Crippen LogP contribution in [0.1, 0.15) is 17.5 Å². The summed E-state index contributed by atoms with van der Waals surface area (Å²) in [5.74, 6) is -0.270. The lowest BCUT2D eigenvalue weighted by Crippen LogP contribution is -2.46. The van der Waals surface area contributed by atoms with E-state index in [1.807, 2.05) is 0 Å². The fourth-order valence-corrected chi connectivity index (χ4v) is 2.56. The van der Waals surface area contributed by atoms with Crippen LogP contribution in [-0.2, 0) is 20.7 Å². The number of morpholine rings is 1. The van der Waals surface area contributed by atoms with Crippen LogP contribution in [0.3, 0.4) is 0 Å². The van der Waals surface area contributed by atoms with Crippen LogP contribution in [0.4, 0.5) is 0 Å². The minimum absolute atomic E-state index is 0.270. The molecule has 110 valence electrons. The molecule has 0 saturated carbocycles. The molecular weight excluding hydrogens is 254 g/mol. The average Bonchev–Trinajstić information content (AvgIpc) is 2.49. The van der Waals surface area contributed by atoms with E-state index in [0.29, 0.717) is 13.2 Å². The Morgan fingerprint density at radius 2 is 2.25 bits per heavy atom. The molecule has 0 bridgehead atoms. The molecule has 0 aromatic heterocycles. The van der Waals surface area contributed by atoms with E-state index >= 15 is 0 Å². The number of methoxy groups -OCH3 is 1. The van der Waals surface area contributed by atoms with E-state index in [2.05, 4.69) is 36.1 Å². The molecule has 1 atom stereocenters. The van der Waals surface area contributed by atoms with Crippen molar-refractivity contribution in [2.75, 3.05) is 33.4 Å². The zero-order valence-electron chi connectivity index (χ0n) is 12.3. The normalized spacial score (nSPS) is 19.8. The molecule has 0 aliphatic carbocycles. The third kappa shape index (κ3) is 4.05. The van der Waals surface area contributed by atoms with Gasteiger partial charge in [-0.3, -0.25) is 4.90 Å². The largest absolute Gasteiger partial charge is 0.467 e. The molecule has 1 aromatic rings. The highest BCUT2D eigenvalue weighted by Gasteiger charge is 2.26. The van der Waals surface area contributed by atoms with Crippen molar-refractivity contribution in [3.63, 3.8) is 0 Å². The molecule has 0 N–H and O–H groups in total. The van der Waals surface area contributed by atoms with Gasteiger partial charge in [-0.25, -0.2) is 4.79 Å². The summed E-state index contributed by atoms with van der Waals surface area (Å²) < 4.78 is 10.2. The van der Waals surface area contributed by atoms with Gasteiger partial charge in [-0.15, -0.1) is 0 Å². The van der Waals surface area contributed by atoms with Crippen LogP contribution in [0.25, 0.3) is 0 Å². The lowest BCUT2D eigenvalue weighted by molar-refractivity contribution is -0.159. The summed E-state index contributed by atoms with van der Waals surface area (Å²) in [6.45, 7) is 5.27. The zero-order valence-corrected chi connectivity index (χ0v) is 12.3. The van der Waals surface area contributed by atoms with Gasteiger partial charge in [0.2, 0.25) is 0 Å². The van der Waals surface area contributed by atoms with Crippen LogP contribution in [0.2, 0.25) is 0 Å². The predicted molar refractivity (Wildman–Crippen MR) is 77.7 cm³/mol. The first kappa shape index (κ1) is 15.0. The summed E-state index contributed by atoms with van der Waals surface area (Å²) in [6.07, 6.45) is 1.75. The maximum absolute atomic E-state index is 11.5. The summed E-state index contributed by atoms with van der Waals surface area (Å²) in [5, 5.41) is 0. The Kier molecular flexibility index (Phi) is 5.56. The minimum atomic E-state index is -0.424. The molecule has 0 spiro atoms. The standard InChI is InChI=1S/C16H23NO3/c1-13-6-3-4-7-14(13)8-5-9-17-10-11-20-15(12-17)16(18)19-2/h3-4,6-7,15H,5,8-12H2,1-2H3. The van der Waals surface area contributed by atoms with Gasteiger partial charge in [-0.2, -0.15) is 0 Å². The maximum Gasteiger partial charge on any atom is 0.336 e. The quantitative estimate of drug-likeness (QED) is 0.769. The van der Waals surface area contributed by atoms with Crippen molar-refractivity contribution in [2.24, 2.45) is 0 Å². The van der Waals surface area contributed by atoms with Crippen molar-refractivity contribution in [3.05, 3.63) is 35.4 Å². The van der Waals surface area contributed by atoms with E-state index in [-0.39, 0.29) is 5.97 Å². The summed E-state index contributed by atoms with van der Waals surface area (Å²) in [4.78, 5) is 13.8. The monoisotopic (exact) mass is 277 g/mol. The van der Waals surface area contributed by atoms with Gasteiger partial charge in [-0.05, 0) is 37.4 Å². The maximum atomic E-state index is 11.5. The minimum Gasteiger partial charge on any atom is -0.467 e. The molecule has 1 heterocycles. The molecule has 20 heavy (non-hydrogen) atoms. The van der Waals surface area contributed by atoms with E-state index in [9.17, 15) is 4.79 Å². The van der Waals surface area contributed by atoms with Crippen LogP contribution in [-0.4, -0.2) is 50.3 Å². The summed E-state index contributed by atoms with van der Waals surface area (Å²) in [6, 6.07) is 8.50. The molecular formula is C16H23NO3. The Bertz CT molecular complexity index is 447. The highest BCUT2D eigenvalue weighted by atomic mass is 16.6. The first-order valence-electron chi connectivity index (χ1n) is 7.17. The number of hydrogen-bond acceptors (Lipinski definition) is 4. The van der Waals surface area contributed by atoms with Crippen LogP contribution in [0.15, 0.2) is 24.3 Å². The van der Waals surface area contributed by atoms with Crippen molar-refractivity contribution in [3.8, 4) is 0 Å². The first-order chi connectivity index (χ1) is 9.70. The second kappa shape index (κ2) is 7.41. The number of benzene rings is 1. The number of ether oxygens (including phenoxy) is 2. The van der Waals surface area contributed by atoms with Gasteiger partial charge in [0, 0.05) is 13.1 Å². The Hall–Kier alpha value is -1.39. The van der Waals surface area contributed by atoms with Gasteiger partial charge in [0.1, 0.15) is 0 Å². The van der Waals surface area contributed by atoms with Crippen LogP contribution < -0.4 is 0 Å². The van der Waals surface area contributed by atoms with Crippen LogP contribution in [0.5, 0.6) is 0 Å². The molecule has 1 fully saturated rings. The van der Waals surface area contributed by atoms with E-state index in [4.69, 9.17) is 9.47 Å². The van der Waals surface area contributed by atoms with Crippen LogP contribution >= 0.6 is 0 Å². The fourth-order valence-electron chi connectivity index (χ4n) is 2.56. The molecule has 4 heteroatoms. The predicted octanol–water partition coefficient (Wildman–Crippen LogP) is 1.80. The van der Waals surface area contributed by atoms with Gasteiger partial charge in [0.15, 0.2) is 6.10 Å². The smallest absolute Gasteiger partial charge is 0.336 e. The molecule has 1 saturated heterocycles. The van der Waals surface area contributed by atoms with Gasteiger partial charge in [0.05, 0.1) is 13.7 Å². The third-order valence-electron chi connectivity index (χ3n) is 3.80. The fraction of sp³-hybridized carbons (Fsp3) is 0.562. The van der Waals surface area contributed by atoms with Crippen molar-refractivity contribution >= 4 is 5.97 Å². The number of esters is 1. The molecule has 1 unspecified atom stereocenters. The van der Waals surface area contributed by atoms with Crippen molar-refractivity contribution in [2.45, 2.75) is 25.9 Å². The highest BCUT2D eigenvalue weighted by Crippen LogP contribution is 2.12. The number of carbonyl (C=O) groups excluding carboxylic acids is 1. The van der Waals surface area contributed by atoms with Crippen molar-refractivity contribution < 1.29 is 14.3 Å². The van der Waals surface area contributed by atoms with Gasteiger partial charge >= 0.3 is 5.97 Å². The number of aryl methyl sites for hydroxylation is 2. The molecule has 2 rings (SSSR count). The number of hydrogen-bond donors (Lipinski definition) is 0. The summed E-state index contributed by atoms with van der Waals surface area (Å²) in [7, 11) is 1.41. The molecule has 4 nitrogen and oxygen atoms in total. The highest BCUT2D eigenvalue weighted by molar-refractivity contribution is 5.74. The first-order valence-corrected chi connectivity index (χ1v) is 7.17. The lowest BCUT2D eigenvalue weighted by atomic mass is 10.0. The second-order valence-corrected chi connectivity index (χ2v) is 5.21. The van der Waals surface area contributed by atoms with Gasteiger partial charge in [0.25, 0.3) is 0 Å². The molecule has 1 aromatic carbocycles. The Morgan fingerprint density at radius 3 is 3.00 bits per heavy atom. The third-order valence-corrected chi connectivity index (χ3v) is 3.80. The molecule has 1 aliphatic rings. The van der Waals surface area contributed by atoms with Gasteiger partial charge < -0.3 is 9.47 Å². The molecule has 1 aliphatic heterocycles. The van der Waals surface area contributed by atoms with E-state index in [1.165, 1.54) is 18.2 Å². The van der Waals surface area contributed by atoms with Crippen molar-refractivity contribution in [1.82, 2.24) is 4.90 Å². The summed E-state index contributed by atoms with van der Waals surface area (Å²) >= 11 is 0. The lowest BCUT2D eigenvalue weighted by Gasteiger charge is -2.31. The molecule has 0 radical (unpaired) electrons. The number of rotatable bonds is 5. The molecule has 0 amide bonds. The Balaban J connectivity index is 1.77. The topological polar surface area (TPSA) is 38.8 Å². The summed E-state index contributed by atoms with van der Waals surface area (Å²) in [5.41, 5.74) is 2.76. The Morgan fingerprint density at radius 1 is 1.45 bits per heavy atom. The van der Waals surface area contributed by atoms with E-state index < -0.39 is 6.10 Å². The average molecular weight is 277 g/mol. The van der Waals surface area contributed by atoms with Gasteiger partial charge in [-0.1, -0.05) is 24.3 Å². The van der Waals surface area contributed by atoms with E-state index in [1.54, 1.807) is 0 Å².